The third-order valence-electron chi connectivity index (χ3n) is 3.38. The van der Waals surface area contributed by atoms with Crippen LogP contribution >= 0.6 is 0 Å². The standard InChI is InChI=1S/C14H18N2O3S/c1-10(20(2)19)8-16-9-12(17)15-13(14(16)18)11-6-4-3-5-7-11/h3-7,10,13H,8-9H2,1-2H3,(H,15,17). The molecule has 2 rings (SSSR count). The molecule has 3 atom stereocenters. The van der Waals surface area contributed by atoms with Crippen LogP contribution in [-0.2, 0) is 20.4 Å². The fourth-order valence-corrected chi connectivity index (χ4v) is 2.53. The van der Waals surface area contributed by atoms with Crippen LogP contribution < -0.4 is 5.32 Å². The highest BCUT2D eigenvalue weighted by atomic mass is 32.2. The van der Waals surface area contributed by atoms with Gasteiger partial charge >= 0.3 is 0 Å². The second kappa shape index (κ2) is 6.17. The Morgan fingerprint density at radius 3 is 2.60 bits per heavy atom. The Morgan fingerprint density at radius 2 is 2.00 bits per heavy atom. The molecule has 1 aliphatic heterocycles. The van der Waals surface area contributed by atoms with Crippen LogP contribution in [0.1, 0.15) is 18.5 Å². The SMILES string of the molecule is CC(CN1CC(=O)NC(c2ccccc2)C1=O)S(C)=O. The van der Waals surface area contributed by atoms with Crippen LogP contribution in [0.25, 0.3) is 0 Å². The van der Waals surface area contributed by atoms with E-state index in [2.05, 4.69) is 5.32 Å². The number of benzene rings is 1. The molecule has 0 bridgehead atoms. The number of hydrogen-bond acceptors (Lipinski definition) is 3. The summed E-state index contributed by atoms with van der Waals surface area (Å²) in [5.41, 5.74) is 0.765. The van der Waals surface area contributed by atoms with Crippen LogP contribution in [0.2, 0.25) is 0 Å². The Bertz CT molecular complexity index is 532. The molecule has 1 fully saturated rings. The minimum Gasteiger partial charge on any atom is -0.339 e. The summed E-state index contributed by atoms with van der Waals surface area (Å²) in [7, 11) is -1.02. The van der Waals surface area contributed by atoms with E-state index in [9.17, 15) is 13.8 Å². The van der Waals surface area contributed by atoms with Crippen molar-refractivity contribution in [2.45, 2.75) is 18.2 Å². The molecule has 20 heavy (non-hydrogen) atoms. The van der Waals surface area contributed by atoms with Gasteiger partial charge in [0.1, 0.15) is 6.04 Å². The highest BCUT2D eigenvalue weighted by Crippen LogP contribution is 2.19. The lowest BCUT2D eigenvalue weighted by molar-refractivity contribution is -0.144. The minimum atomic E-state index is -1.02. The van der Waals surface area contributed by atoms with Gasteiger partial charge in [-0.15, -0.1) is 0 Å². The summed E-state index contributed by atoms with van der Waals surface area (Å²) in [5.74, 6) is -0.333. The first-order valence-corrected chi connectivity index (χ1v) is 8.06. The van der Waals surface area contributed by atoms with Crippen molar-refractivity contribution in [1.29, 1.82) is 0 Å². The molecule has 1 N–H and O–H groups in total. The van der Waals surface area contributed by atoms with Gasteiger partial charge in [0.05, 0.1) is 6.54 Å². The maximum Gasteiger partial charge on any atom is 0.250 e. The largest absolute Gasteiger partial charge is 0.339 e. The van der Waals surface area contributed by atoms with E-state index in [0.717, 1.165) is 5.56 Å². The van der Waals surface area contributed by atoms with E-state index < -0.39 is 16.8 Å². The monoisotopic (exact) mass is 294 g/mol. The van der Waals surface area contributed by atoms with Crippen molar-refractivity contribution in [1.82, 2.24) is 10.2 Å². The zero-order chi connectivity index (χ0) is 14.7. The Hall–Kier alpha value is -1.69. The van der Waals surface area contributed by atoms with Gasteiger partial charge in [0, 0.05) is 28.9 Å². The summed E-state index contributed by atoms with van der Waals surface area (Å²) in [6.45, 7) is 2.18. The molecular formula is C14H18N2O3S. The molecule has 108 valence electrons. The fraction of sp³-hybridized carbons (Fsp3) is 0.429. The molecule has 1 aromatic rings. The summed E-state index contributed by atoms with van der Waals surface area (Å²) in [4.78, 5) is 25.7. The lowest BCUT2D eigenvalue weighted by atomic mass is 10.0. The quantitative estimate of drug-likeness (QED) is 0.877. The molecule has 2 amide bonds. The number of carbonyl (C=O) groups is 2. The maximum atomic E-state index is 12.4. The summed E-state index contributed by atoms with van der Waals surface area (Å²) in [5, 5.41) is 2.56. The Balaban J connectivity index is 2.18. The first kappa shape index (κ1) is 14.7. The number of piperazine rings is 1. The average molecular weight is 294 g/mol. The molecule has 3 unspecified atom stereocenters. The third kappa shape index (κ3) is 3.25. The van der Waals surface area contributed by atoms with Crippen molar-refractivity contribution < 1.29 is 13.8 Å². The van der Waals surface area contributed by atoms with Gasteiger partial charge < -0.3 is 10.2 Å². The van der Waals surface area contributed by atoms with E-state index in [0.29, 0.717) is 6.54 Å². The normalized spacial score (nSPS) is 22.3. The van der Waals surface area contributed by atoms with Gasteiger partial charge in [0.25, 0.3) is 0 Å². The predicted molar refractivity (Wildman–Crippen MR) is 77.4 cm³/mol. The van der Waals surface area contributed by atoms with Crippen LogP contribution in [0.15, 0.2) is 30.3 Å². The second-order valence-corrected chi connectivity index (χ2v) is 6.74. The highest BCUT2D eigenvalue weighted by Gasteiger charge is 2.34. The van der Waals surface area contributed by atoms with Gasteiger partial charge in [-0.25, -0.2) is 0 Å². The maximum absolute atomic E-state index is 12.4. The highest BCUT2D eigenvalue weighted by molar-refractivity contribution is 7.84. The van der Waals surface area contributed by atoms with Gasteiger partial charge in [-0.2, -0.15) is 0 Å². The summed E-state index contributed by atoms with van der Waals surface area (Å²) < 4.78 is 11.4. The molecule has 0 spiro atoms. The third-order valence-corrected chi connectivity index (χ3v) is 4.66. The first-order valence-electron chi connectivity index (χ1n) is 6.44. The number of nitrogens with zero attached hydrogens (tertiary/aromatic N) is 1. The number of rotatable bonds is 4. The Labute approximate surface area is 120 Å². The van der Waals surface area contributed by atoms with Crippen LogP contribution in [0, 0.1) is 0 Å². The van der Waals surface area contributed by atoms with Crippen LogP contribution in [0.4, 0.5) is 0 Å². The van der Waals surface area contributed by atoms with E-state index in [-0.39, 0.29) is 23.6 Å². The number of nitrogens with one attached hydrogen (secondary N) is 1. The zero-order valence-corrected chi connectivity index (χ0v) is 12.4. The van der Waals surface area contributed by atoms with Crippen molar-refractivity contribution in [2.75, 3.05) is 19.3 Å². The van der Waals surface area contributed by atoms with Crippen molar-refractivity contribution in [2.24, 2.45) is 0 Å². The summed E-state index contributed by atoms with van der Waals surface area (Å²) in [6.07, 6.45) is 1.60. The first-order chi connectivity index (χ1) is 9.49. The van der Waals surface area contributed by atoms with Gasteiger partial charge in [-0.3, -0.25) is 13.8 Å². The number of hydrogen-bond donors (Lipinski definition) is 1. The average Bonchev–Trinajstić information content (AvgIpc) is 2.43. The van der Waals surface area contributed by atoms with E-state index >= 15 is 0 Å². The summed E-state index contributed by atoms with van der Waals surface area (Å²) in [6, 6.07) is 8.50. The predicted octanol–water partition coefficient (Wildman–Crippen LogP) is 0.453. The molecule has 1 aliphatic rings. The smallest absolute Gasteiger partial charge is 0.250 e. The van der Waals surface area contributed by atoms with E-state index in [1.54, 1.807) is 6.26 Å². The lowest BCUT2D eigenvalue weighted by Gasteiger charge is -2.33. The number of amides is 2. The van der Waals surface area contributed by atoms with Gasteiger partial charge in [0.15, 0.2) is 0 Å². The van der Waals surface area contributed by atoms with E-state index in [4.69, 9.17) is 0 Å². The zero-order valence-electron chi connectivity index (χ0n) is 11.5. The molecule has 6 heteroatoms. The van der Waals surface area contributed by atoms with Crippen molar-refractivity contribution in [3.63, 3.8) is 0 Å². The molecule has 5 nitrogen and oxygen atoms in total. The van der Waals surface area contributed by atoms with Gasteiger partial charge in [0.2, 0.25) is 11.8 Å². The van der Waals surface area contributed by atoms with Gasteiger partial charge in [-0.05, 0) is 12.5 Å². The van der Waals surface area contributed by atoms with Crippen LogP contribution in [-0.4, -0.2) is 45.5 Å². The van der Waals surface area contributed by atoms with Crippen molar-refractivity contribution in [3.05, 3.63) is 35.9 Å². The summed E-state index contributed by atoms with van der Waals surface area (Å²) >= 11 is 0. The molecular weight excluding hydrogens is 276 g/mol. The van der Waals surface area contributed by atoms with Crippen molar-refractivity contribution >= 4 is 22.6 Å². The Morgan fingerprint density at radius 1 is 1.35 bits per heavy atom. The second-order valence-electron chi connectivity index (χ2n) is 4.94. The number of carbonyl (C=O) groups excluding carboxylic acids is 2. The molecule has 0 saturated carbocycles. The molecule has 1 aromatic carbocycles. The van der Waals surface area contributed by atoms with Crippen LogP contribution in [0.5, 0.6) is 0 Å². The van der Waals surface area contributed by atoms with Crippen LogP contribution in [0.3, 0.4) is 0 Å². The van der Waals surface area contributed by atoms with E-state index in [1.807, 2.05) is 37.3 Å². The van der Waals surface area contributed by atoms with E-state index in [1.165, 1.54) is 4.90 Å². The molecule has 0 aliphatic carbocycles. The topological polar surface area (TPSA) is 66.5 Å². The Kier molecular flexibility index (Phi) is 4.54. The molecule has 1 heterocycles. The molecule has 0 radical (unpaired) electrons. The minimum absolute atomic E-state index is 0.0315. The molecule has 0 aromatic heterocycles. The van der Waals surface area contributed by atoms with Gasteiger partial charge in [-0.1, -0.05) is 30.3 Å². The lowest BCUT2D eigenvalue weighted by Crippen LogP contribution is -2.55. The fourth-order valence-electron chi connectivity index (χ4n) is 2.14. The molecule has 1 saturated heterocycles. The van der Waals surface area contributed by atoms with Crippen molar-refractivity contribution in [3.8, 4) is 0 Å².